The molecule has 17 heavy (non-hydrogen) atoms. The summed E-state index contributed by atoms with van der Waals surface area (Å²) in [5, 5.41) is 9.45. The van der Waals surface area contributed by atoms with E-state index in [1.54, 1.807) is 0 Å². The molecule has 0 saturated heterocycles. The van der Waals surface area contributed by atoms with Gasteiger partial charge >= 0.3 is 6.18 Å². The lowest BCUT2D eigenvalue weighted by Crippen LogP contribution is -2.28. The zero-order valence-electron chi connectivity index (χ0n) is 9.17. The first-order chi connectivity index (χ1) is 7.90. The van der Waals surface area contributed by atoms with E-state index in [4.69, 9.17) is 5.73 Å². The first kappa shape index (κ1) is 12.4. The minimum atomic E-state index is -4.19. The van der Waals surface area contributed by atoms with E-state index in [9.17, 15) is 18.3 Å². The van der Waals surface area contributed by atoms with Crippen molar-refractivity contribution in [3.8, 4) is 0 Å². The first-order valence-corrected chi connectivity index (χ1v) is 5.46. The van der Waals surface area contributed by atoms with Gasteiger partial charge in [0.05, 0.1) is 11.5 Å². The van der Waals surface area contributed by atoms with Crippen LogP contribution in [0.3, 0.4) is 0 Å². The number of rotatable bonds is 3. The molecule has 94 valence electrons. The van der Waals surface area contributed by atoms with E-state index in [0.29, 0.717) is 5.56 Å². The maximum absolute atomic E-state index is 12.8. The van der Waals surface area contributed by atoms with Crippen LogP contribution in [-0.2, 0) is 5.41 Å². The Morgan fingerprint density at radius 2 is 1.76 bits per heavy atom. The van der Waals surface area contributed by atoms with E-state index in [1.165, 1.54) is 24.3 Å². The lowest BCUT2D eigenvalue weighted by atomic mass is 9.93. The Morgan fingerprint density at radius 1 is 1.24 bits per heavy atom. The standard InChI is InChI=1S/C12H14F3NO/c13-12(14,15)11(5-6-11)9-3-1-8(2-4-9)10(17)7-16/h1-4,10,17H,5-7,16H2. The second-order valence-corrected chi connectivity index (χ2v) is 4.45. The predicted molar refractivity (Wildman–Crippen MR) is 57.4 cm³/mol. The molecule has 0 heterocycles. The molecule has 3 N–H and O–H groups in total. The summed E-state index contributed by atoms with van der Waals surface area (Å²) < 4.78 is 38.5. The molecule has 1 aromatic carbocycles. The van der Waals surface area contributed by atoms with Crippen molar-refractivity contribution in [3.63, 3.8) is 0 Å². The second kappa shape index (κ2) is 3.99. The number of nitrogens with two attached hydrogens (primary N) is 1. The molecular formula is C12H14F3NO. The van der Waals surface area contributed by atoms with Gasteiger partial charge in [-0.1, -0.05) is 24.3 Å². The lowest BCUT2D eigenvalue weighted by molar-refractivity contribution is -0.160. The lowest BCUT2D eigenvalue weighted by Gasteiger charge is -2.20. The predicted octanol–water partition coefficient (Wildman–Crippen LogP) is 2.27. The molecule has 1 fully saturated rings. The van der Waals surface area contributed by atoms with Crippen LogP contribution in [0.2, 0.25) is 0 Å². The Hall–Kier alpha value is -1.07. The molecule has 0 spiro atoms. The van der Waals surface area contributed by atoms with E-state index in [0.717, 1.165) is 0 Å². The third-order valence-electron chi connectivity index (χ3n) is 3.36. The van der Waals surface area contributed by atoms with E-state index in [-0.39, 0.29) is 24.9 Å². The summed E-state index contributed by atoms with van der Waals surface area (Å²) in [6.07, 6.45) is -4.71. The maximum Gasteiger partial charge on any atom is 0.398 e. The Bertz CT molecular complexity index is 395. The average molecular weight is 245 g/mol. The van der Waals surface area contributed by atoms with E-state index < -0.39 is 17.7 Å². The summed E-state index contributed by atoms with van der Waals surface area (Å²) in [5.74, 6) is 0. The fourth-order valence-electron chi connectivity index (χ4n) is 2.02. The van der Waals surface area contributed by atoms with Crippen LogP contribution < -0.4 is 5.73 Å². The summed E-state index contributed by atoms with van der Waals surface area (Å²) in [6.45, 7) is 0.0593. The molecule has 1 unspecified atom stereocenters. The number of halogens is 3. The largest absolute Gasteiger partial charge is 0.398 e. The highest BCUT2D eigenvalue weighted by Crippen LogP contribution is 2.58. The van der Waals surface area contributed by atoms with Gasteiger partial charge in [0.25, 0.3) is 0 Å². The molecule has 1 saturated carbocycles. The molecule has 1 aliphatic rings. The fraction of sp³-hybridized carbons (Fsp3) is 0.500. The smallest absolute Gasteiger partial charge is 0.387 e. The summed E-state index contributed by atoms with van der Waals surface area (Å²) >= 11 is 0. The number of hydrogen-bond donors (Lipinski definition) is 2. The molecule has 1 aromatic rings. The molecule has 5 heteroatoms. The van der Waals surface area contributed by atoms with Crippen molar-refractivity contribution in [1.82, 2.24) is 0 Å². The second-order valence-electron chi connectivity index (χ2n) is 4.45. The van der Waals surface area contributed by atoms with Gasteiger partial charge in [0, 0.05) is 6.54 Å². The van der Waals surface area contributed by atoms with Gasteiger partial charge in [-0.05, 0) is 24.0 Å². The van der Waals surface area contributed by atoms with Crippen molar-refractivity contribution in [2.45, 2.75) is 30.5 Å². The zero-order valence-corrected chi connectivity index (χ0v) is 9.17. The van der Waals surface area contributed by atoms with Crippen LogP contribution in [0, 0.1) is 0 Å². The van der Waals surface area contributed by atoms with E-state index in [2.05, 4.69) is 0 Å². The molecule has 0 aliphatic heterocycles. The summed E-state index contributed by atoms with van der Waals surface area (Å²) in [5.41, 5.74) is 4.45. The number of alkyl halides is 3. The number of aliphatic hydroxyl groups is 1. The van der Waals surface area contributed by atoms with E-state index in [1.807, 2.05) is 0 Å². The van der Waals surface area contributed by atoms with Crippen molar-refractivity contribution in [2.75, 3.05) is 6.54 Å². The topological polar surface area (TPSA) is 46.2 Å². The van der Waals surface area contributed by atoms with Gasteiger partial charge in [-0.2, -0.15) is 13.2 Å². The summed E-state index contributed by atoms with van der Waals surface area (Å²) in [4.78, 5) is 0. The first-order valence-electron chi connectivity index (χ1n) is 5.46. The van der Waals surface area contributed by atoms with E-state index >= 15 is 0 Å². The monoisotopic (exact) mass is 245 g/mol. The number of benzene rings is 1. The fourth-order valence-corrected chi connectivity index (χ4v) is 2.02. The van der Waals surface area contributed by atoms with Gasteiger partial charge in [-0.15, -0.1) is 0 Å². The zero-order chi connectivity index (χ0) is 12.7. The quantitative estimate of drug-likeness (QED) is 0.858. The molecular weight excluding hydrogens is 231 g/mol. The Morgan fingerprint density at radius 3 is 2.12 bits per heavy atom. The molecule has 2 rings (SSSR count). The molecule has 0 bridgehead atoms. The van der Waals surface area contributed by atoms with Gasteiger partial charge in [0.2, 0.25) is 0 Å². The Kier molecular flexibility index (Phi) is 2.91. The molecule has 0 radical (unpaired) electrons. The highest BCUT2D eigenvalue weighted by Gasteiger charge is 2.64. The van der Waals surface area contributed by atoms with Gasteiger partial charge in [0.15, 0.2) is 0 Å². The summed E-state index contributed by atoms with van der Waals surface area (Å²) in [7, 11) is 0. The normalized spacial score (nSPS) is 20.1. The number of aliphatic hydroxyl groups excluding tert-OH is 1. The third kappa shape index (κ3) is 2.05. The Labute approximate surface area is 97.2 Å². The van der Waals surface area contributed by atoms with Gasteiger partial charge in [-0.25, -0.2) is 0 Å². The summed E-state index contributed by atoms with van der Waals surface area (Å²) in [6, 6.07) is 5.90. The van der Waals surface area contributed by atoms with Gasteiger partial charge in [0.1, 0.15) is 0 Å². The van der Waals surface area contributed by atoms with Crippen molar-refractivity contribution in [1.29, 1.82) is 0 Å². The molecule has 0 amide bonds. The van der Waals surface area contributed by atoms with Crippen molar-refractivity contribution in [2.24, 2.45) is 5.73 Å². The van der Waals surface area contributed by atoms with Crippen LogP contribution in [0.1, 0.15) is 30.1 Å². The molecule has 1 atom stereocenters. The molecule has 2 nitrogen and oxygen atoms in total. The van der Waals surface area contributed by atoms with Gasteiger partial charge < -0.3 is 10.8 Å². The minimum absolute atomic E-state index is 0.0593. The molecule has 1 aliphatic carbocycles. The van der Waals surface area contributed by atoms with Crippen LogP contribution in [0.15, 0.2) is 24.3 Å². The highest BCUT2D eigenvalue weighted by atomic mass is 19.4. The van der Waals surface area contributed by atoms with Crippen LogP contribution >= 0.6 is 0 Å². The van der Waals surface area contributed by atoms with Crippen LogP contribution in [0.25, 0.3) is 0 Å². The molecule has 0 aromatic heterocycles. The SMILES string of the molecule is NCC(O)c1ccc(C2(C(F)(F)F)CC2)cc1. The van der Waals surface area contributed by atoms with Crippen molar-refractivity contribution in [3.05, 3.63) is 35.4 Å². The minimum Gasteiger partial charge on any atom is -0.387 e. The third-order valence-corrected chi connectivity index (χ3v) is 3.36. The average Bonchev–Trinajstić information content (AvgIpc) is 3.08. The maximum atomic E-state index is 12.8. The van der Waals surface area contributed by atoms with Crippen molar-refractivity contribution >= 4 is 0 Å². The van der Waals surface area contributed by atoms with Crippen LogP contribution in [0.4, 0.5) is 13.2 Å². The number of hydrogen-bond acceptors (Lipinski definition) is 2. The van der Waals surface area contributed by atoms with Gasteiger partial charge in [-0.3, -0.25) is 0 Å². The highest BCUT2D eigenvalue weighted by molar-refractivity contribution is 5.36. The van der Waals surface area contributed by atoms with Crippen LogP contribution in [-0.4, -0.2) is 17.8 Å². The van der Waals surface area contributed by atoms with Crippen molar-refractivity contribution < 1.29 is 18.3 Å². The van der Waals surface area contributed by atoms with Crippen LogP contribution in [0.5, 0.6) is 0 Å². The Balaban J connectivity index is 2.25.